The molecule has 0 spiro atoms. The second-order valence-electron chi connectivity index (χ2n) is 4.01. The highest BCUT2D eigenvalue weighted by Crippen LogP contribution is 2.21. The van der Waals surface area contributed by atoms with Gasteiger partial charge in [-0.25, -0.2) is 22.8 Å². The fraction of sp³-hybridized carbons (Fsp3) is 0.167. The molecule has 0 unspecified atom stereocenters. The van der Waals surface area contributed by atoms with Crippen LogP contribution in [-0.4, -0.2) is 24.9 Å². The van der Waals surface area contributed by atoms with E-state index in [1.165, 1.54) is 24.5 Å². The number of anilines is 2. The summed E-state index contributed by atoms with van der Waals surface area (Å²) in [6.45, 7) is 2.49. The second kappa shape index (κ2) is 6.23. The van der Waals surface area contributed by atoms with Crippen LogP contribution >= 0.6 is 11.6 Å². The highest BCUT2D eigenvalue weighted by molar-refractivity contribution is 7.92. The minimum Gasteiger partial charge on any atom is -0.355 e. The molecule has 0 fully saturated rings. The Kier molecular flexibility index (Phi) is 4.59. The van der Waals surface area contributed by atoms with Gasteiger partial charge in [-0.15, -0.1) is 0 Å². The molecule has 1 aromatic carbocycles. The summed E-state index contributed by atoms with van der Waals surface area (Å²) in [7, 11) is -3.89. The molecule has 21 heavy (non-hydrogen) atoms. The Morgan fingerprint density at radius 2 is 1.95 bits per heavy atom. The number of rotatable bonds is 5. The molecule has 2 aromatic rings. The SMILES string of the molecule is CCNc1ncc(S(=O)(=O)Nc2ccc(Cl)c(F)c2)cn1. The van der Waals surface area contributed by atoms with Crippen molar-refractivity contribution >= 4 is 33.3 Å². The van der Waals surface area contributed by atoms with Gasteiger partial charge in [0, 0.05) is 6.54 Å². The van der Waals surface area contributed by atoms with Crippen LogP contribution in [0.15, 0.2) is 35.5 Å². The molecule has 0 aliphatic rings. The van der Waals surface area contributed by atoms with E-state index in [-0.39, 0.29) is 15.6 Å². The highest BCUT2D eigenvalue weighted by Gasteiger charge is 2.16. The molecular formula is C12H12ClFN4O2S. The molecule has 0 bridgehead atoms. The number of aromatic nitrogens is 2. The lowest BCUT2D eigenvalue weighted by molar-refractivity contribution is 0.600. The lowest BCUT2D eigenvalue weighted by Crippen LogP contribution is -2.14. The molecule has 0 saturated carbocycles. The smallest absolute Gasteiger partial charge is 0.264 e. The molecule has 112 valence electrons. The van der Waals surface area contributed by atoms with Crippen LogP contribution < -0.4 is 10.0 Å². The predicted molar refractivity (Wildman–Crippen MR) is 78.4 cm³/mol. The van der Waals surface area contributed by atoms with Gasteiger partial charge in [0.2, 0.25) is 5.95 Å². The van der Waals surface area contributed by atoms with Gasteiger partial charge < -0.3 is 5.32 Å². The van der Waals surface area contributed by atoms with Crippen LogP contribution in [0.3, 0.4) is 0 Å². The Morgan fingerprint density at radius 3 is 2.52 bits per heavy atom. The van der Waals surface area contributed by atoms with Gasteiger partial charge in [0.05, 0.1) is 23.1 Å². The molecule has 6 nitrogen and oxygen atoms in total. The van der Waals surface area contributed by atoms with E-state index in [4.69, 9.17) is 11.6 Å². The van der Waals surface area contributed by atoms with Gasteiger partial charge >= 0.3 is 0 Å². The van der Waals surface area contributed by atoms with Crippen molar-refractivity contribution in [2.75, 3.05) is 16.6 Å². The zero-order chi connectivity index (χ0) is 15.5. The van der Waals surface area contributed by atoms with E-state index in [0.717, 1.165) is 6.07 Å². The van der Waals surface area contributed by atoms with Crippen LogP contribution in [-0.2, 0) is 10.0 Å². The Balaban J connectivity index is 2.23. The maximum absolute atomic E-state index is 13.3. The molecule has 1 heterocycles. The first-order valence-corrected chi connectivity index (χ1v) is 7.82. The first kappa shape index (κ1) is 15.5. The third-order valence-electron chi connectivity index (χ3n) is 2.45. The molecule has 0 atom stereocenters. The van der Waals surface area contributed by atoms with E-state index in [1.54, 1.807) is 0 Å². The van der Waals surface area contributed by atoms with Crippen molar-refractivity contribution in [2.24, 2.45) is 0 Å². The lowest BCUT2D eigenvalue weighted by Gasteiger charge is -2.08. The number of benzene rings is 1. The summed E-state index contributed by atoms with van der Waals surface area (Å²) >= 11 is 5.54. The van der Waals surface area contributed by atoms with Crippen LogP contribution in [0.25, 0.3) is 0 Å². The van der Waals surface area contributed by atoms with Crippen molar-refractivity contribution in [2.45, 2.75) is 11.8 Å². The van der Waals surface area contributed by atoms with Gasteiger partial charge in [0.25, 0.3) is 10.0 Å². The van der Waals surface area contributed by atoms with Gasteiger partial charge in [-0.2, -0.15) is 0 Å². The molecule has 2 N–H and O–H groups in total. The summed E-state index contributed by atoms with van der Waals surface area (Å²) in [5.41, 5.74) is 0.0626. The van der Waals surface area contributed by atoms with E-state index in [9.17, 15) is 12.8 Å². The van der Waals surface area contributed by atoms with Gasteiger partial charge in [-0.05, 0) is 25.1 Å². The van der Waals surface area contributed by atoms with Crippen LogP contribution in [0.2, 0.25) is 5.02 Å². The maximum Gasteiger partial charge on any atom is 0.264 e. The molecular weight excluding hydrogens is 319 g/mol. The van der Waals surface area contributed by atoms with Gasteiger partial charge in [0.15, 0.2) is 0 Å². The normalized spacial score (nSPS) is 11.2. The topological polar surface area (TPSA) is 84.0 Å². The number of nitrogens with one attached hydrogen (secondary N) is 2. The van der Waals surface area contributed by atoms with Gasteiger partial charge in [-0.1, -0.05) is 11.6 Å². The molecule has 0 amide bonds. The molecule has 0 aliphatic carbocycles. The number of halogens is 2. The Labute approximate surface area is 126 Å². The first-order chi connectivity index (χ1) is 9.92. The number of hydrogen-bond acceptors (Lipinski definition) is 5. The van der Waals surface area contributed by atoms with E-state index in [1.807, 2.05) is 6.92 Å². The van der Waals surface area contributed by atoms with Crippen LogP contribution in [0.1, 0.15) is 6.92 Å². The number of sulfonamides is 1. The summed E-state index contributed by atoms with van der Waals surface area (Å²) in [5, 5.41) is 2.76. The van der Waals surface area contributed by atoms with Crippen LogP contribution in [0.5, 0.6) is 0 Å². The Hall–Kier alpha value is -1.93. The monoisotopic (exact) mass is 330 g/mol. The van der Waals surface area contributed by atoms with Crippen molar-refractivity contribution < 1.29 is 12.8 Å². The van der Waals surface area contributed by atoms with E-state index >= 15 is 0 Å². The molecule has 1 aromatic heterocycles. The lowest BCUT2D eigenvalue weighted by atomic mass is 10.3. The van der Waals surface area contributed by atoms with E-state index in [2.05, 4.69) is 20.0 Å². The fourth-order valence-corrected chi connectivity index (χ4v) is 2.53. The minimum absolute atomic E-state index is 0.0626. The molecule has 0 aliphatic heterocycles. The number of hydrogen-bond donors (Lipinski definition) is 2. The van der Waals surface area contributed by atoms with Gasteiger partial charge in [0.1, 0.15) is 10.7 Å². The zero-order valence-corrected chi connectivity index (χ0v) is 12.5. The molecule has 2 rings (SSSR count). The summed E-state index contributed by atoms with van der Waals surface area (Å²) in [4.78, 5) is 7.62. The zero-order valence-electron chi connectivity index (χ0n) is 11.0. The summed E-state index contributed by atoms with van der Waals surface area (Å²) in [6, 6.07) is 3.62. The molecule has 0 saturated heterocycles. The third-order valence-corrected chi connectivity index (χ3v) is 4.09. The Bertz CT molecular complexity index is 737. The largest absolute Gasteiger partial charge is 0.355 e. The van der Waals surface area contributed by atoms with E-state index in [0.29, 0.717) is 12.5 Å². The van der Waals surface area contributed by atoms with E-state index < -0.39 is 15.8 Å². The number of nitrogens with zero attached hydrogens (tertiary/aromatic N) is 2. The van der Waals surface area contributed by atoms with Crippen molar-refractivity contribution in [3.8, 4) is 0 Å². The highest BCUT2D eigenvalue weighted by atomic mass is 35.5. The summed E-state index contributed by atoms with van der Waals surface area (Å²) in [5.74, 6) is -0.385. The fourth-order valence-electron chi connectivity index (χ4n) is 1.48. The molecule has 9 heteroatoms. The Morgan fingerprint density at radius 1 is 1.29 bits per heavy atom. The third kappa shape index (κ3) is 3.79. The standard InChI is InChI=1S/C12H12ClFN4O2S/c1-2-15-12-16-6-9(7-17-12)21(19,20)18-8-3-4-10(13)11(14)5-8/h3-7,18H,2H2,1H3,(H,15,16,17). The summed E-state index contributed by atoms with van der Waals surface area (Å²) < 4.78 is 39.7. The average molecular weight is 331 g/mol. The predicted octanol–water partition coefficient (Wildman–Crippen LogP) is 2.50. The maximum atomic E-state index is 13.3. The average Bonchev–Trinajstić information content (AvgIpc) is 2.44. The second-order valence-corrected chi connectivity index (χ2v) is 6.10. The van der Waals surface area contributed by atoms with Crippen molar-refractivity contribution in [3.63, 3.8) is 0 Å². The quantitative estimate of drug-likeness (QED) is 0.880. The van der Waals surface area contributed by atoms with Crippen LogP contribution in [0.4, 0.5) is 16.0 Å². The van der Waals surface area contributed by atoms with Crippen molar-refractivity contribution in [1.29, 1.82) is 0 Å². The van der Waals surface area contributed by atoms with Crippen molar-refractivity contribution in [1.82, 2.24) is 9.97 Å². The first-order valence-electron chi connectivity index (χ1n) is 5.96. The minimum atomic E-state index is -3.89. The molecule has 0 radical (unpaired) electrons. The van der Waals surface area contributed by atoms with Crippen LogP contribution in [0, 0.1) is 5.82 Å². The van der Waals surface area contributed by atoms with Crippen molar-refractivity contribution in [3.05, 3.63) is 41.4 Å². The van der Waals surface area contributed by atoms with Gasteiger partial charge in [-0.3, -0.25) is 4.72 Å². The summed E-state index contributed by atoms with van der Waals surface area (Å²) in [6.07, 6.45) is 2.33.